The van der Waals surface area contributed by atoms with Crippen molar-refractivity contribution in [3.63, 3.8) is 0 Å². The second-order valence-electron chi connectivity index (χ2n) is 6.65. The third-order valence-electron chi connectivity index (χ3n) is 4.92. The fourth-order valence-corrected chi connectivity index (χ4v) is 4.54. The van der Waals surface area contributed by atoms with E-state index < -0.39 is 5.25 Å². The number of benzene rings is 2. The Kier molecular flexibility index (Phi) is 4.94. The molecule has 6 nitrogen and oxygen atoms in total. The quantitative estimate of drug-likeness (QED) is 0.852. The number of hydrogen-bond acceptors (Lipinski definition) is 5. The van der Waals surface area contributed by atoms with Crippen molar-refractivity contribution in [1.29, 1.82) is 0 Å². The van der Waals surface area contributed by atoms with Gasteiger partial charge in [0.1, 0.15) is 5.75 Å². The Hall–Kier alpha value is -2.67. The predicted molar refractivity (Wildman–Crippen MR) is 106 cm³/mol. The summed E-state index contributed by atoms with van der Waals surface area (Å²) in [7, 11) is 0. The number of fused-ring (bicyclic) bond motifs is 1. The second kappa shape index (κ2) is 7.52. The molecule has 0 spiro atoms. The minimum Gasteiger partial charge on any atom is -0.506 e. The molecule has 27 heavy (non-hydrogen) atoms. The number of aromatic hydroxyl groups is 1. The molecule has 1 saturated heterocycles. The monoisotopic (exact) mass is 383 g/mol. The highest BCUT2D eigenvalue weighted by atomic mass is 32.2. The summed E-state index contributed by atoms with van der Waals surface area (Å²) in [6.07, 6.45) is 0.196. The van der Waals surface area contributed by atoms with Crippen molar-refractivity contribution >= 4 is 35.0 Å². The van der Waals surface area contributed by atoms with Crippen LogP contribution >= 0.6 is 11.8 Å². The van der Waals surface area contributed by atoms with Crippen LogP contribution in [0.2, 0.25) is 0 Å². The van der Waals surface area contributed by atoms with Crippen LogP contribution in [0.25, 0.3) is 0 Å². The first-order valence-electron chi connectivity index (χ1n) is 8.99. The van der Waals surface area contributed by atoms with Gasteiger partial charge in [-0.1, -0.05) is 24.3 Å². The first-order chi connectivity index (χ1) is 13.1. The third-order valence-corrected chi connectivity index (χ3v) is 6.20. The fraction of sp³-hybridized carbons (Fsp3) is 0.300. The van der Waals surface area contributed by atoms with Gasteiger partial charge in [0.2, 0.25) is 11.8 Å². The molecule has 2 N–H and O–H groups in total. The number of carbonyl (C=O) groups excluding carboxylic acids is 2. The van der Waals surface area contributed by atoms with Crippen molar-refractivity contribution in [2.45, 2.75) is 16.6 Å². The molecule has 0 aromatic heterocycles. The average molecular weight is 383 g/mol. The van der Waals surface area contributed by atoms with E-state index >= 15 is 0 Å². The molecule has 0 radical (unpaired) electrons. The van der Waals surface area contributed by atoms with Crippen LogP contribution in [0.5, 0.6) is 5.75 Å². The van der Waals surface area contributed by atoms with Gasteiger partial charge in [-0.2, -0.15) is 0 Å². The topological polar surface area (TPSA) is 72.9 Å². The summed E-state index contributed by atoms with van der Waals surface area (Å²) in [6, 6.07) is 14.9. The Labute approximate surface area is 162 Å². The molecule has 140 valence electrons. The number of phenols is 1. The van der Waals surface area contributed by atoms with Crippen LogP contribution < -0.4 is 10.2 Å². The van der Waals surface area contributed by atoms with E-state index in [-0.39, 0.29) is 24.0 Å². The number of piperazine rings is 1. The van der Waals surface area contributed by atoms with Gasteiger partial charge in [0, 0.05) is 37.5 Å². The van der Waals surface area contributed by atoms with Crippen LogP contribution in [0.4, 0.5) is 11.4 Å². The lowest BCUT2D eigenvalue weighted by Crippen LogP contribution is -2.49. The van der Waals surface area contributed by atoms with Crippen LogP contribution in [-0.2, 0) is 9.59 Å². The molecular weight excluding hydrogens is 362 g/mol. The summed E-state index contributed by atoms with van der Waals surface area (Å²) in [5, 5.41) is 12.5. The first-order valence-corrected chi connectivity index (χ1v) is 9.87. The number of hydrogen-bond donors (Lipinski definition) is 2. The van der Waals surface area contributed by atoms with Gasteiger partial charge in [-0.15, -0.1) is 11.8 Å². The molecule has 1 atom stereocenters. The lowest BCUT2D eigenvalue weighted by Gasteiger charge is -2.37. The number of nitrogens with zero attached hydrogens (tertiary/aromatic N) is 2. The Morgan fingerprint density at radius 1 is 1.07 bits per heavy atom. The van der Waals surface area contributed by atoms with Crippen LogP contribution in [0, 0.1) is 0 Å². The largest absolute Gasteiger partial charge is 0.506 e. The molecule has 2 aliphatic rings. The van der Waals surface area contributed by atoms with Crippen molar-refractivity contribution in [1.82, 2.24) is 4.90 Å². The predicted octanol–water partition coefficient (Wildman–Crippen LogP) is 2.54. The maximum Gasteiger partial charge on any atom is 0.238 e. The lowest BCUT2D eigenvalue weighted by atomic mass is 10.2. The van der Waals surface area contributed by atoms with Gasteiger partial charge in [-0.05, 0) is 24.3 Å². The number of nitrogens with one attached hydrogen (secondary N) is 1. The number of para-hydroxylation sites is 3. The molecule has 7 heteroatoms. The van der Waals surface area contributed by atoms with Gasteiger partial charge < -0.3 is 20.2 Å². The van der Waals surface area contributed by atoms with E-state index in [1.165, 1.54) is 11.8 Å². The summed E-state index contributed by atoms with van der Waals surface area (Å²) in [5.74, 6) is 0.144. The van der Waals surface area contributed by atoms with Gasteiger partial charge >= 0.3 is 0 Å². The zero-order valence-electron chi connectivity index (χ0n) is 14.8. The number of thioether (sulfide) groups is 1. The van der Waals surface area contributed by atoms with Gasteiger partial charge in [0.25, 0.3) is 0 Å². The molecule has 0 bridgehead atoms. The summed E-state index contributed by atoms with van der Waals surface area (Å²) in [5.41, 5.74) is 1.61. The van der Waals surface area contributed by atoms with Crippen LogP contribution in [0.3, 0.4) is 0 Å². The highest BCUT2D eigenvalue weighted by Crippen LogP contribution is 2.37. The van der Waals surface area contributed by atoms with Gasteiger partial charge in [0.15, 0.2) is 0 Å². The van der Waals surface area contributed by atoms with E-state index in [9.17, 15) is 14.7 Å². The number of carbonyl (C=O) groups is 2. The van der Waals surface area contributed by atoms with Gasteiger partial charge in [-0.25, -0.2) is 0 Å². The summed E-state index contributed by atoms with van der Waals surface area (Å²) in [4.78, 5) is 29.9. The number of phenolic OH excluding ortho intramolecular Hbond substituents is 1. The highest BCUT2D eigenvalue weighted by Gasteiger charge is 2.31. The van der Waals surface area contributed by atoms with Crippen LogP contribution in [0.1, 0.15) is 6.42 Å². The molecular formula is C20H21N3O3S. The zero-order chi connectivity index (χ0) is 18.8. The maximum atomic E-state index is 12.7. The number of anilines is 2. The fourth-order valence-electron chi connectivity index (χ4n) is 3.44. The van der Waals surface area contributed by atoms with E-state index in [1.54, 1.807) is 12.1 Å². The van der Waals surface area contributed by atoms with Crippen molar-refractivity contribution in [2.24, 2.45) is 0 Å². The molecule has 2 aromatic carbocycles. The summed E-state index contributed by atoms with van der Waals surface area (Å²) >= 11 is 1.45. The molecule has 1 fully saturated rings. The molecule has 2 heterocycles. The van der Waals surface area contributed by atoms with E-state index in [1.807, 2.05) is 41.3 Å². The smallest absolute Gasteiger partial charge is 0.238 e. The molecule has 2 aromatic rings. The zero-order valence-corrected chi connectivity index (χ0v) is 15.6. The average Bonchev–Trinajstić information content (AvgIpc) is 2.69. The minimum absolute atomic E-state index is 0.000959. The van der Waals surface area contributed by atoms with Crippen molar-refractivity contribution < 1.29 is 14.7 Å². The highest BCUT2D eigenvalue weighted by molar-refractivity contribution is 8.01. The van der Waals surface area contributed by atoms with E-state index in [0.29, 0.717) is 26.2 Å². The molecule has 1 unspecified atom stereocenters. The molecule has 0 aliphatic carbocycles. The second-order valence-corrected chi connectivity index (χ2v) is 7.90. The van der Waals surface area contributed by atoms with Crippen molar-refractivity contribution in [3.05, 3.63) is 48.5 Å². The Morgan fingerprint density at radius 3 is 2.56 bits per heavy atom. The van der Waals surface area contributed by atoms with Crippen LogP contribution in [-0.4, -0.2) is 53.2 Å². The Morgan fingerprint density at radius 2 is 1.78 bits per heavy atom. The summed E-state index contributed by atoms with van der Waals surface area (Å²) < 4.78 is 0. The maximum absolute atomic E-state index is 12.7. The summed E-state index contributed by atoms with van der Waals surface area (Å²) in [6.45, 7) is 2.50. The minimum atomic E-state index is -0.399. The Bertz CT molecular complexity index is 865. The standard InChI is InChI=1S/C20H21N3O3S/c24-16-7-3-2-6-15(16)22-9-11-23(12-10-22)19(25)13-18-20(26)21-14-5-1-4-8-17(14)27-18/h1-8,18,24H,9-13H2,(H,21,26). The number of rotatable bonds is 3. The third kappa shape index (κ3) is 3.73. The van der Waals surface area contributed by atoms with Crippen LogP contribution in [0.15, 0.2) is 53.4 Å². The van der Waals surface area contributed by atoms with E-state index in [0.717, 1.165) is 16.3 Å². The SMILES string of the molecule is O=C1Nc2ccccc2SC1CC(=O)N1CCN(c2ccccc2O)CC1. The van der Waals surface area contributed by atoms with Gasteiger partial charge in [-0.3, -0.25) is 9.59 Å². The first kappa shape index (κ1) is 17.7. The van der Waals surface area contributed by atoms with E-state index in [2.05, 4.69) is 10.2 Å². The van der Waals surface area contributed by atoms with Gasteiger partial charge in [0.05, 0.1) is 16.6 Å². The lowest BCUT2D eigenvalue weighted by molar-refractivity contribution is -0.132. The number of amides is 2. The normalized spacial score (nSPS) is 19.4. The molecule has 0 saturated carbocycles. The van der Waals surface area contributed by atoms with Crippen molar-refractivity contribution in [2.75, 3.05) is 36.4 Å². The van der Waals surface area contributed by atoms with E-state index in [4.69, 9.17) is 0 Å². The van der Waals surface area contributed by atoms with Crippen molar-refractivity contribution in [3.8, 4) is 5.75 Å². The Balaban J connectivity index is 1.35. The molecule has 2 amide bonds. The molecule has 4 rings (SSSR count). The molecule has 2 aliphatic heterocycles.